The second-order valence-electron chi connectivity index (χ2n) is 5.16. The van der Waals surface area contributed by atoms with Crippen LogP contribution in [0.15, 0.2) is 30.6 Å². The lowest BCUT2D eigenvalue weighted by Gasteiger charge is -2.09. The van der Waals surface area contributed by atoms with Gasteiger partial charge in [-0.2, -0.15) is 5.10 Å². The molecule has 20 heavy (non-hydrogen) atoms. The van der Waals surface area contributed by atoms with Crippen molar-refractivity contribution in [2.75, 3.05) is 0 Å². The highest BCUT2D eigenvalue weighted by atomic mass is 16.5. The molecule has 1 N–H and O–H groups in total. The Kier molecular flexibility index (Phi) is 3.97. The third-order valence-corrected chi connectivity index (χ3v) is 3.71. The molecule has 0 amide bonds. The lowest BCUT2D eigenvalue weighted by Crippen LogP contribution is -2.06. The standard InChI is InChI=1S/C15H19N3O2/c19-10-12-5-6-15(9-16-12)20-11-13-7-8-18(17-13)14-3-1-2-4-14/h5-9,14,19H,1-4,10-11H2. The topological polar surface area (TPSA) is 60.2 Å². The van der Waals surface area contributed by atoms with Crippen molar-refractivity contribution in [3.63, 3.8) is 0 Å². The molecule has 1 fully saturated rings. The van der Waals surface area contributed by atoms with E-state index >= 15 is 0 Å². The van der Waals surface area contributed by atoms with Gasteiger partial charge in [-0.3, -0.25) is 9.67 Å². The van der Waals surface area contributed by atoms with E-state index in [-0.39, 0.29) is 6.61 Å². The molecule has 2 aromatic rings. The van der Waals surface area contributed by atoms with E-state index in [1.54, 1.807) is 12.3 Å². The number of aliphatic hydroxyl groups is 1. The molecule has 1 saturated carbocycles. The smallest absolute Gasteiger partial charge is 0.138 e. The summed E-state index contributed by atoms with van der Waals surface area (Å²) in [4.78, 5) is 4.08. The molecular weight excluding hydrogens is 254 g/mol. The maximum Gasteiger partial charge on any atom is 0.138 e. The number of aliphatic hydroxyl groups excluding tert-OH is 1. The van der Waals surface area contributed by atoms with E-state index in [0.717, 1.165) is 5.69 Å². The summed E-state index contributed by atoms with van der Waals surface area (Å²) < 4.78 is 7.72. The summed E-state index contributed by atoms with van der Waals surface area (Å²) in [7, 11) is 0. The normalized spacial score (nSPS) is 15.7. The lowest BCUT2D eigenvalue weighted by atomic mass is 10.3. The van der Waals surface area contributed by atoms with Crippen LogP contribution < -0.4 is 4.74 Å². The monoisotopic (exact) mass is 273 g/mol. The van der Waals surface area contributed by atoms with Gasteiger partial charge in [-0.05, 0) is 31.0 Å². The molecule has 0 bridgehead atoms. The van der Waals surface area contributed by atoms with E-state index in [1.807, 2.05) is 18.3 Å². The third kappa shape index (κ3) is 2.99. The number of aromatic nitrogens is 3. The first-order valence-corrected chi connectivity index (χ1v) is 7.08. The van der Waals surface area contributed by atoms with Gasteiger partial charge in [0, 0.05) is 6.20 Å². The van der Waals surface area contributed by atoms with Crippen molar-refractivity contribution in [3.8, 4) is 5.75 Å². The highest BCUT2D eigenvalue weighted by Gasteiger charge is 2.17. The highest BCUT2D eigenvalue weighted by molar-refractivity contribution is 5.19. The van der Waals surface area contributed by atoms with Crippen molar-refractivity contribution >= 4 is 0 Å². The van der Waals surface area contributed by atoms with Gasteiger partial charge in [-0.1, -0.05) is 12.8 Å². The van der Waals surface area contributed by atoms with Gasteiger partial charge >= 0.3 is 0 Å². The van der Waals surface area contributed by atoms with Crippen molar-refractivity contribution in [3.05, 3.63) is 42.0 Å². The molecule has 2 heterocycles. The molecule has 0 radical (unpaired) electrons. The van der Waals surface area contributed by atoms with Gasteiger partial charge in [0.25, 0.3) is 0 Å². The first-order valence-electron chi connectivity index (χ1n) is 7.08. The Hall–Kier alpha value is -1.88. The molecule has 5 nitrogen and oxygen atoms in total. The minimum absolute atomic E-state index is 0.0495. The van der Waals surface area contributed by atoms with E-state index in [9.17, 15) is 0 Å². The van der Waals surface area contributed by atoms with Crippen molar-refractivity contribution < 1.29 is 9.84 Å². The molecular formula is C15H19N3O2. The first kappa shape index (κ1) is 13.1. The fourth-order valence-corrected chi connectivity index (χ4v) is 2.57. The Balaban J connectivity index is 1.57. The van der Waals surface area contributed by atoms with Crippen LogP contribution in [0.1, 0.15) is 43.1 Å². The van der Waals surface area contributed by atoms with Crippen molar-refractivity contribution in [1.82, 2.24) is 14.8 Å². The average molecular weight is 273 g/mol. The molecule has 106 valence electrons. The van der Waals surface area contributed by atoms with Crippen molar-refractivity contribution in [1.29, 1.82) is 0 Å². The Labute approximate surface area is 118 Å². The van der Waals surface area contributed by atoms with Crippen LogP contribution in [0.2, 0.25) is 0 Å². The van der Waals surface area contributed by atoms with Crippen LogP contribution in [-0.2, 0) is 13.2 Å². The van der Waals surface area contributed by atoms with Crippen LogP contribution in [0.3, 0.4) is 0 Å². The van der Waals surface area contributed by atoms with E-state index in [2.05, 4.69) is 14.8 Å². The van der Waals surface area contributed by atoms with Crippen LogP contribution in [0, 0.1) is 0 Å². The summed E-state index contributed by atoms with van der Waals surface area (Å²) in [6.07, 6.45) is 8.74. The number of nitrogens with zero attached hydrogens (tertiary/aromatic N) is 3. The van der Waals surface area contributed by atoms with Crippen LogP contribution in [0.4, 0.5) is 0 Å². The predicted molar refractivity (Wildman–Crippen MR) is 74.2 cm³/mol. The van der Waals surface area contributed by atoms with Gasteiger partial charge in [-0.15, -0.1) is 0 Å². The van der Waals surface area contributed by atoms with E-state index < -0.39 is 0 Å². The SMILES string of the molecule is OCc1ccc(OCc2ccn(C3CCCC3)n2)cn1. The van der Waals surface area contributed by atoms with Gasteiger partial charge < -0.3 is 9.84 Å². The summed E-state index contributed by atoms with van der Waals surface area (Å²) in [5, 5.41) is 13.5. The van der Waals surface area contributed by atoms with Crippen LogP contribution >= 0.6 is 0 Å². The molecule has 1 aliphatic carbocycles. The quantitative estimate of drug-likeness (QED) is 0.909. The molecule has 5 heteroatoms. The van der Waals surface area contributed by atoms with Crippen molar-refractivity contribution in [2.45, 2.75) is 44.9 Å². The van der Waals surface area contributed by atoms with Gasteiger partial charge in [0.15, 0.2) is 0 Å². The molecule has 2 aromatic heterocycles. The van der Waals surface area contributed by atoms with Crippen LogP contribution in [0.5, 0.6) is 5.75 Å². The summed E-state index contributed by atoms with van der Waals surface area (Å²) in [5.74, 6) is 0.692. The van der Waals surface area contributed by atoms with E-state index in [1.165, 1.54) is 25.7 Å². The maximum absolute atomic E-state index is 8.93. The van der Waals surface area contributed by atoms with Gasteiger partial charge in [0.1, 0.15) is 12.4 Å². The summed E-state index contributed by atoms with van der Waals surface area (Å²) >= 11 is 0. The fourth-order valence-electron chi connectivity index (χ4n) is 2.57. The van der Waals surface area contributed by atoms with Crippen LogP contribution in [0.25, 0.3) is 0 Å². The number of ether oxygens (including phenoxy) is 1. The predicted octanol–water partition coefficient (Wildman–Crippen LogP) is 2.46. The third-order valence-electron chi connectivity index (χ3n) is 3.71. The number of pyridine rings is 1. The van der Waals surface area contributed by atoms with E-state index in [0.29, 0.717) is 24.1 Å². The minimum atomic E-state index is -0.0495. The molecule has 0 saturated heterocycles. The largest absolute Gasteiger partial charge is 0.486 e. The van der Waals surface area contributed by atoms with Crippen LogP contribution in [-0.4, -0.2) is 19.9 Å². The fraction of sp³-hybridized carbons (Fsp3) is 0.467. The van der Waals surface area contributed by atoms with Gasteiger partial charge in [0.2, 0.25) is 0 Å². The molecule has 0 aliphatic heterocycles. The number of hydrogen-bond acceptors (Lipinski definition) is 4. The zero-order valence-corrected chi connectivity index (χ0v) is 11.4. The maximum atomic E-state index is 8.93. The Morgan fingerprint density at radius 3 is 2.75 bits per heavy atom. The zero-order valence-electron chi connectivity index (χ0n) is 11.4. The number of hydrogen-bond donors (Lipinski definition) is 1. The Morgan fingerprint density at radius 1 is 1.20 bits per heavy atom. The molecule has 0 unspecified atom stereocenters. The second kappa shape index (κ2) is 6.05. The second-order valence-corrected chi connectivity index (χ2v) is 5.16. The average Bonchev–Trinajstić information content (AvgIpc) is 3.16. The zero-order chi connectivity index (χ0) is 13.8. The minimum Gasteiger partial charge on any atom is -0.486 e. The van der Waals surface area contributed by atoms with Gasteiger partial charge in [-0.25, -0.2) is 0 Å². The Bertz CT molecular complexity index is 545. The lowest BCUT2D eigenvalue weighted by molar-refractivity contribution is 0.274. The summed E-state index contributed by atoms with van der Waals surface area (Å²) in [5.41, 5.74) is 1.57. The Morgan fingerprint density at radius 2 is 2.05 bits per heavy atom. The van der Waals surface area contributed by atoms with Crippen molar-refractivity contribution in [2.24, 2.45) is 0 Å². The summed E-state index contributed by atoms with van der Waals surface area (Å²) in [6, 6.07) is 6.14. The molecule has 0 atom stereocenters. The summed E-state index contributed by atoms with van der Waals surface area (Å²) in [6.45, 7) is 0.395. The highest BCUT2D eigenvalue weighted by Crippen LogP contribution is 2.28. The first-order chi connectivity index (χ1) is 9.85. The molecule has 3 rings (SSSR count). The number of rotatable bonds is 5. The van der Waals surface area contributed by atoms with E-state index in [4.69, 9.17) is 9.84 Å². The molecule has 1 aliphatic rings. The van der Waals surface area contributed by atoms with Gasteiger partial charge in [0.05, 0.1) is 30.2 Å². The molecule has 0 spiro atoms. The molecule has 0 aromatic carbocycles.